The average molecular weight is 341 g/mol. The number of carbonyl (C=O) groups is 3. The van der Waals surface area contributed by atoms with Gasteiger partial charge in [0.15, 0.2) is 0 Å². The van der Waals surface area contributed by atoms with Crippen molar-refractivity contribution in [1.82, 2.24) is 4.90 Å². The second-order valence-corrected chi connectivity index (χ2v) is 6.86. The van der Waals surface area contributed by atoms with E-state index in [1.165, 1.54) is 4.90 Å². The Hall–Kier alpha value is -2.43. The quantitative estimate of drug-likeness (QED) is 0.366. The molecule has 2 atom stereocenters. The fraction of sp³-hybridized carbons (Fsp3) is 0.450. The number of amides is 2. The number of benzene rings is 1. The van der Waals surface area contributed by atoms with Gasteiger partial charge in [0.25, 0.3) is 0 Å². The lowest BCUT2D eigenvalue weighted by molar-refractivity contribution is -0.141. The second kappa shape index (κ2) is 6.82. The average Bonchev–Trinajstić information content (AvgIpc) is 2.85. The molecule has 0 spiro atoms. The third-order valence-electron chi connectivity index (χ3n) is 5.23. The Balaban J connectivity index is 1.63. The van der Waals surface area contributed by atoms with Gasteiger partial charge in [0.1, 0.15) is 5.75 Å². The zero-order chi connectivity index (χ0) is 18.1. The highest BCUT2D eigenvalue weighted by atomic mass is 16.5. The Labute approximate surface area is 147 Å². The first kappa shape index (κ1) is 17.4. The van der Waals surface area contributed by atoms with E-state index in [-0.39, 0.29) is 36.6 Å². The number of rotatable bonds is 4. The van der Waals surface area contributed by atoms with Gasteiger partial charge in [-0.15, -0.1) is 0 Å². The van der Waals surface area contributed by atoms with Crippen LogP contribution in [0.2, 0.25) is 0 Å². The molecule has 1 aromatic rings. The van der Waals surface area contributed by atoms with Crippen LogP contribution in [0.1, 0.15) is 36.0 Å². The lowest BCUT2D eigenvalue weighted by atomic mass is 9.85. The largest absolute Gasteiger partial charge is 0.426 e. The van der Waals surface area contributed by atoms with E-state index in [0.717, 1.165) is 16.7 Å². The lowest BCUT2D eigenvalue weighted by Crippen LogP contribution is -2.33. The van der Waals surface area contributed by atoms with E-state index in [4.69, 9.17) is 4.74 Å². The number of imide groups is 1. The number of likely N-dealkylation sites (tertiary alicyclic amines) is 1. The zero-order valence-corrected chi connectivity index (χ0v) is 14.9. The molecule has 0 saturated carbocycles. The van der Waals surface area contributed by atoms with E-state index < -0.39 is 5.97 Å². The summed E-state index contributed by atoms with van der Waals surface area (Å²) in [6.45, 7) is 5.85. The Morgan fingerprint density at radius 3 is 2.20 bits per heavy atom. The summed E-state index contributed by atoms with van der Waals surface area (Å²) in [5.41, 5.74) is 2.87. The molecular formula is C20H23NO4. The summed E-state index contributed by atoms with van der Waals surface area (Å²) >= 11 is 0. The molecule has 1 saturated heterocycles. The van der Waals surface area contributed by atoms with Crippen LogP contribution >= 0.6 is 0 Å². The van der Waals surface area contributed by atoms with Gasteiger partial charge in [0.05, 0.1) is 18.3 Å². The molecule has 0 N–H and O–H groups in total. The predicted molar refractivity (Wildman–Crippen MR) is 93.0 cm³/mol. The molecule has 0 aromatic heterocycles. The zero-order valence-electron chi connectivity index (χ0n) is 14.9. The van der Waals surface area contributed by atoms with Crippen molar-refractivity contribution in [3.05, 3.63) is 41.0 Å². The molecule has 1 aliphatic carbocycles. The summed E-state index contributed by atoms with van der Waals surface area (Å²) < 4.78 is 5.51. The molecular weight excluding hydrogens is 318 g/mol. The molecule has 1 fully saturated rings. The van der Waals surface area contributed by atoms with Gasteiger partial charge >= 0.3 is 5.97 Å². The fourth-order valence-corrected chi connectivity index (χ4v) is 3.54. The van der Waals surface area contributed by atoms with Crippen molar-refractivity contribution < 1.29 is 19.1 Å². The summed E-state index contributed by atoms with van der Waals surface area (Å²) in [4.78, 5) is 38.3. The van der Waals surface area contributed by atoms with Crippen molar-refractivity contribution >= 4 is 17.8 Å². The summed E-state index contributed by atoms with van der Waals surface area (Å²) in [7, 11) is 0. The summed E-state index contributed by atoms with van der Waals surface area (Å²) in [5, 5.41) is 0. The van der Waals surface area contributed by atoms with Gasteiger partial charge in [-0.2, -0.15) is 0 Å². The van der Waals surface area contributed by atoms with E-state index in [2.05, 4.69) is 0 Å². The molecule has 1 aromatic carbocycles. The minimum absolute atomic E-state index is 0.0111. The molecule has 2 aliphatic rings. The van der Waals surface area contributed by atoms with Gasteiger partial charge in [-0.25, -0.2) is 0 Å². The molecule has 3 rings (SSSR count). The van der Waals surface area contributed by atoms with Crippen LogP contribution in [-0.4, -0.2) is 29.2 Å². The normalized spacial score (nSPS) is 22.3. The van der Waals surface area contributed by atoms with E-state index >= 15 is 0 Å². The van der Waals surface area contributed by atoms with Gasteiger partial charge < -0.3 is 4.74 Å². The number of fused-ring (bicyclic) bond motifs is 1. The van der Waals surface area contributed by atoms with Gasteiger partial charge in [0.2, 0.25) is 11.8 Å². The van der Waals surface area contributed by atoms with Crippen molar-refractivity contribution in [3.8, 4) is 5.75 Å². The Bertz CT molecular complexity index is 739. The van der Waals surface area contributed by atoms with E-state index in [1.807, 2.05) is 45.1 Å². The first-order valence-corrected chi connectivity index (χ1v) is 8.68. The van der Waals surface area contributed by atoms with Crippen LogP contribution in [0.4, 0.5) is 0 Å². The summed E-state index contributed by atoms with van der Waals surface area (Å²) in [5.74, 6) is -0.679. The van der Waals surface area contributed by atoms with Crippen LogP contribution in [0.3, 0.4) is 0 Å². The molecule has 0 radical (unpaired) electrons. The number of hydrogen-bond acceptors (Lipinski definition) is 4. The van der Waals surface area contributed by atoms with Gasteiger partial charge in [0, 0.05) is 6.54 Å². The number of aryl methyl sites for hydroxylation is 2. The highest BCUT2D eigenvalue weighted by molar-refractivity contribution is 6.05. The molecule has 132 valence electrons. The van der Waals surface area contributed by atoms with Crippen molar-refractivity contribution in [2.75, 3.05) is 6.54 Å². The van der Waals surface area contributed by atoms with Crippen LogP contribution in [0.25, 0.3) is 0 Å². The molecule has 2 amide bonds. The Kier molecular flexibility index (Phi) is 4.75. The number of ether oxygens (including phenoxy) is 1. The van der Waals surface area contributed by atoms with Crippen LogP contribution in [0.5, 0.6) is 5.75 Å². The lowest BCUT2D eigenvalue weighted by Gasteiger charge is -2.15. The molecule has 25 heavy (non-hydrogen) atoms. The third-order valence-corrected chi connectivity index (χ3v) is 5.23. The molecule has 0 bridgehead atoms. The van der Waals surface area contributed by atoms with Gasteiger partial charge in [-0.05, 0) is 50.3 Å². The second-order valence-electron chi connectivity index (χ2n) is 6.86. The number of hydrogen-bond donors (Lipinski definition) is 0. The fourth-order valence-electron chi connectivity index (χ4n) is 3.54. The van der Waals surface area contributed by atoms with Crippen molar-refractivity contribution in [3.63, 3.8) is 0 Å². The Morgan fingerprint density at radius 2 is 1.60 bits per heavy atom. The first-order chi connectivity index (χ1) is 11.9. The van der Waals surface area contributed by atoms with Gasteiger partial charge in [-0.3, -0.25) is 19.3 Å². The van der Waals surface area contributed by atoms with E-state index in [0.29, 0.717) is 18.6 Å². The van der Waals surface area contributed by atoms with Crippen LogP contribution in [0.15, 0.2) is 24.3 Å². The van der Waals surface area contributed by atoms with E-state index in [1.54, 1.807) is 0 Å². The Morgan fingerprint density at radius 1 is 1.04 bits per heavy atom. The monoisotopic (exact) mass is 341 g/mol. The number of carbonyl (C=O) groups excluding carboxylic acids is 3. The number of esters is 1. The predicted octanol–water partition coefficient (Wildman–Crippen LogP) is 2.86. The highest BCUT2D eigenvalue weighted by Gasteiger charge is 2.46. The SMILES string of the molecule is Cc1ccc(C)c(OC(=O)CCN2C(=O)[C@H]3CC=CC[C@H]3C2=O)c1C. The maximum atomic E-state index is 12.4. The third kappa shape index (κ3) is 3.23. The number of nitrogens with zero attached hydrogens (tertiary/aromatic N) is 1. The summed E-state index contributed by atoms with van der Waals surface area (Å²) in [6, 6.07) is 3.90. The molecule has 1 aliphatic heterocycles. The molecule has 0 unspecified atom stereocenters. The first-order valence-electron chi connectivity index (χ1n) is 8.68. The smallest absolute Gasteiger partial charge is 0.313 e. The topological polar surface area (TPSA) is 63.7 Å². The minimum Gasteiger partial charge on any atom is -0.426 e. The minimum atomic E-state index is -0.426. The van der Waals surface area contributed by atoms with Crippen LogP contribution < -0.4 is 4.74 Å². The van der Waals surface area contributed by atoms with E-state index in [9.17, 15) is 14.4 Å². The molecule has 5 nitrogen and oxygen atoms in total. The maximum absolute atomic E-state index is 12.4. The van der Waals surface area contributed by atoms with Crippen LogP contribution in [0, 0.1) is 32.6 Å². The molecule has 1 heterocycles. The van der Waals surface area contributed by atoms with Crippen molar-refractivity contribution in [1.29, 1.82) is 0 Å². The number of allylic oxidation sites excluding steroid dienone is 2. The van der Waals surface area contributed by atoms with Gasteiger partial charge in [-0.1, -0.05) is 24.3 Å². The highest BCUT2D eigenvalue weighted by Crippen LogP contribution is 2.35. The molecule has 5 heteroatoms. The van der Waals surface area contributed by atoms with Crippen molar-refractivity contribution in [2.45, 2.75) is 40.0 Å². The van der Waals surface area contributed by atoms with Crippen LogP contribution in [-0.2, 0) is 14.4 Å². The maximum Gasteiger partial charge on any atom is 0.313 e. The van der Waals surface area contributed by atoms with Crippen molar-refractivity contribution in [2.24, 2.45) is 11.8 Å². The summed E-state index contributed by atoms with van der Waals surface area (Å²) in [6.07, 6.45) is 5.13. The standard InChI is InChI=1S/C20H23NO4/c1-12-8-9-13(2)18(14(12)3)25-17(22)10-11-21-19(23)15-6-4-5-7-16(15)20(21)24/h4-5,8-9,15-16H,6-7,10-11H2,1-3H3/t15-,16+.